The van der Waals surface area contributed by atoms with E-state index in [0.717, 1.165) is 0 Å². The molecule has 0 saturated carbocycles. The maximum atomic E-state index is 2.19. The van der Waals surface area contributed by atoms with Gasteiger partial charge in [-0.2, -0.15) is 0 Å². The summed E-state index contributed by atoms with van der Waals surface area (Å²) in [6, 6.07) is 94.0. The smallest absolute Gasteiger partial charge is 0.0105 e. The molecule has 334 valence electrons. The molecule has 0 heterocycles. The number of benzene rings is 11. The third-order valence-electron chi connectivity index (χ3n) is 11.8. The zero-order valence-electron chi connectivity index (χ0n) is 40.4. The first-order chi connectivity index (χ1) is 33.2. The fourth-order valence-corrected chi connectivity index (χ4v) is 7.84. The Morgan fingerprint density at radius 1 is 0.162 bits per heavy atom. The lowest BCUT2D eigenvalue weighted by Gasteiger charge is -2.07. The molecule has 0 saturated heterocycles. The van der Waals surface area contributed by atoms with Crippen molar-refractivity contribution in [1.82, 2.24) is 0 Å². The molecule has 11 aromatic carbocycles. The maximum absolute atomic E-state index is 2.19. The van der Waals surface area contributed by atoms with Gasteiger partial charge in [-0.05, 0) is 108 Å². The zero-order valence-corrected chi connectivity index (χ0v) is 40.4. The second-order valence-corrected chi connectivity index (χ2v) is 17.4. The van der Waals surface area contributed by atoms with Crippen LogP contribution in [0, 0.1) is 41.5 Å². The normalized spacial score (nSPS) is 10.2. The van der Waals surface area contributed by atoms with Gasteiger partial charge in [-0.1, -0.05) is 300 Å². The highest BCUT2D eigenvalue weighted by atomic mass is 14.1. The van der Waals surface area contributed by atoms with Gasteiger partial charge in [0.1, 0.15) is 0 Å². The van der Waals surface area contributed by atoms with E-state index in [0.29, 0.717) is 0 Å². The fourth-order valence-electron chi connectivity index (χ4n) is 7.84. The third kappa shape index (κ3) is 14.0. The van der Waals surface area contributed by atoms with Gasteiger partial charge in [0.2, 0.25) is 0 Å². The molecular weight excluding hydrogens is 817 g/mol. The minimum Gasteiger partial charge on any atom is -0.0622 e. The molecule has 0 aliphatic heterocycles. The quantitative estimate of drug-likeness (QED) is 0.165. The molecule has 0 aliphatic rings. The summed E-state index contributed by atoms with van der Waals surface area (Å²) in [7, 11) is 0. The van der Waals surface area contributed by atoms with E-state index in [9.17, 15) is 0 Å². The number of hydrogen-bond donors (Lipinski definition) is 0. The van der Waals surface area contributed by atoms with Gasteiger partial charge in [0.05, 0.1) is 0 Å². The lowest BCUT2D eigenvalue weighted by Crippen LogP contribution is -1.81. The highest BCUT2D eigenvalue weighted by molar-refractivity contribution is 5.97. The SMILES string of the molecule is Cc1ccc(-c2ccc(-c3ccc(C)cc3)cc2)cc1.Cc1ccc(-c2cccc3ccccc23)cc1.Cc1ccc(-c2cccc3ccccc23)cc1.Cc1ccccc1.Cc1ccccc1. The van der Waals surface area contributed by atoms with E-state index < -0.39 is 0 Å². The Kier molecular flexibility index (Phi) is 17.2. The van der Waals surface area contributed by atoms with Crippen molar-refractivity contribution in [1.29, 1.82) is 0 Å². The molecular formula is C68H62. The summed E-state index contributed by atoms with van der Waals surface area (Å²) in [5.41, 5.74) is 18.1. The number of aryl methyl sites for hydroxylation is 6. The second kappa shape index (κ2) is 24.5. The van der Waals surface area contributed by atoms with Gasteiger partial charge in [-0.3, -0.25) is 0 Å². The lowest BCUT2D eigenvalue weighted by atomic mass is 9.98. The first-order valence-electron chi connectivity index (χ1n) is 23.6. The van der Waals surface area contributed by atoms with Crippen molar-refractivity contribution in [2.45, 2.75) is 41.5 Å². The standard InChI is InChI=1S/C20H18.2C17H14.2C7H8/c1-15-3-7-17(8-4-15)19-11-13-20(14-12-19)18-9-5-16(2)6-10-18;2*1-13-9-11-15(12-10-13)17-8-4-6-14-5-2-3-7-16(14)17;2*1-7-5-3-2-4-6-7/h3-14H,1-2H3;2*2-12H,1H3;2*2-6H,1H3. The van der Waals surface area contributed by atoms with Gasteiger partial charge >= 0.3 is 0 Å². The first-order valence-corrected chi connectivity index (χ1v) is 23.6. The molecule has 0 radical (unpaired) electrons. The average Bonchev–Trinajstić information content (AvgIpc) is 3.38. The van der Waals surface area contributed by atoms with Crippen LogP contribution in [0.15, 0.2) is 267 Å². The predicted molar refractivity (Wildman–Crippen MR) is 297 cm³/mol. The monoisotopic (exact) mass is 878 g/mol. The Bertz CT molecular complexity index is 2970. The first kappa shape index (κ1) is 47.9. The van der Waals surface area contributed by atoms with E-state index >= 15 is 0 Å². The number of rotatable bonds is 4. The van der Waals surface area contributed by atoms with Crippen LogP contribution in [0.3, 0.4) is 0 Å². The summed E-state index contributed by atoms with van der Waals surface area (Å²) in [6.07, 6.45) is 0. The zero-order chi connectivity index (χ0) is 47.5. The van der Waals surface area contributed by atoms with Gasteiger partial charge in [0, 0.05) is 0 Å². The summed E-state index contributed by atoms with van der Waals surface area (Å²) in [5, 5.41) is 5.23. The Morgan fingerprint density at radius 2 is 0.382 bits per heavy atom. The Morgan fingerprint density at radius 3 is 0.662 bits per heavy atom. The maximum Gasteiger partial charge on any atom is -0.0105 e. The van der Waals surface area contributed by atoms with Crippen LogP contribution in [0.25, 0.3) is 66.1 Å². The second-order valence-electron chi connectivity index (χ2n) is 17.4. The molecule has 0 spiro atoms. The lowest BCUT2D eigenvalue weighted by molar-refractivity contribution is 1.46. The minimum absolute atomic E-state index is 1.26. The Balaban J connectivity index is 0.000000133. The Labute approximate surface area is 405 Å². The van der Waals surface area contributed by atoms with Crippen molar-refractivity contribution in [3.63, 3.8) is 0 Å². The van der Waals surface area contributed by atoms with Crippen LogP contribution in [0.2, 0.25) is 0 Å². The summed E-state index contributed by atoms with van der Waals surface area (Å²) in [5.74, 6) is 0. The molecule has 0 bridgehead atoms. The van der Waals surface area contributed by atoms with E-state index in [-0.39, 0.29) is 0 Å². The van der Waals surface area contributed by atoms with E-state index in [1.165, 1.54) is 99.4 Å². The molecule has 0 fully saturated rings. The van der Waals surface area contributed by atoms with Gasteiger partial charge in [-0.25, -0.2) is 0 Å². The summed E-state index contributed by atoms with van der Waals surface area (Å²) in [4.78, 5) is 0. The predicted octanol–water partition coefficient (Wildman–Crippen LogP) is 19.3. The van der Waals surface area contributed by atoms with Crippen LogP contribution >= 0.6 is 0 Å². The highest BCUT2D eigenvalue weighted by Crippen LogP contribution is 2.30. The molecule has 0 N–H and O–H groups in total. The highest BCUT2D eigenvalue weighted by Gasteiger charge is 2.04. The fraction of sp³-hybridized carbons (Fsp3) is 0.0882. The third-order valence-corrected chi connectivity index (χ3v) is 11.8. The van der Waals surface area contributed by atoms with Crippen LogP contribution in [0.1, 0.15) is 33.4 Å². The molecule has 0 unspecified atom stereocenters. The van der Waals surface area contributed by atoms with Gasteiger partial charge in [0.15, 0.2) is 0 Å². The molecule has 68 heavy (non-hydrogen) atoms. The summed E-state index contributed by atoms with van der Waals surface area (Å²) >= 11 is 0. The topological polar surface area (TPSA) is 0 Å². The average molecular weight is 879 g/mol. The van der Waals surface area contributed by atoms with E-state index in [1.807, 2.05) is 36.4 Å². The van der Waals surface area contributed by atoms with Crippen LogP contribution < -0.4 is 0 Å². The van der Waals surface area contributed by atoms with Crippen LogP contribution in [-0.4, -0.2) is 0 Å². The van der Waals surface area contributed by atoms with Crippen LogP contribution in [-0.2, 0) is 0 Å². The Hall–Kier alpha value is -8.06. The molecule has 0 atom stereocenters. The molecule has 11 rings (SSSR count). The van der Waals surface area contributed by atoms with Crippen LogP contribution in [0.4, 0.5) is 0 Å². The van der Waals surface area contributed by atoms with Gasteiger partial charge in [-0.15, -0.1) is 0 Å². The van der Waals surface area contributed by atoms with Crippen LogP contribution in [0.5, 0.6) is 0 Å². The van der Waals surface area contributed by atoms with Crippen molar-refractivity contribution >= 4 is 21.5 Å². The molecule has 0 heteroatoms. The molecule has 0 amide bonds. The van der Waals surface area contributed by atoms with Crippen molar-refractivity contribution in [3.05, 3.63) is 300 Å². The molecule has 11 aromatic rings. The number of hydrogen-bond acceptors (Lipinski definition) is 0. The molecule has 0 aliphatic carbocycles. The van der Waals surface area contributed by atoms with Crippen molar-refractivity contribution in [2.24, 2.45) is 0 Å². The van der Waals surface area contributed by atoms with Gasteiger partial charge < -0.3 is 0 Å². The largest absolute Gasteiger partial charge is 0.0622 e. The number of fused-ring (bicyclic) bond motifs is 2. The van der Waals surface area contributed by atoms with E-state index in [1.54, 1.807) is 0 Å². The van der Waals surface area contributed by atoms with E-state index in [2.05, 4.69) is 272 Å². The molecule has 0 aromatic heterocycles. The van der Waals surface area contributed by atoms with Crippen molar-refractivity contribution in [3.8, 4) is 44.5 Å². The van der Waals surface area contributed by atoms with E-state index in [4.69, 9.17) is 0 Å². The minimum atomic E-state index is 1.26. The molecule has 0 nitrogen and oxygen atoms in total. The van der Waals surface area contributed by atoms with Crippen molar-refractivity contribution in [2.75, 3.05) is 0 Å². The summed E-state index contributed by atoms with van der Waals surface area (Å²) < 4.78 is 0. The van der Waals surface area contributed by atoms with Crippen molar-refractivity contribution < 1.29 is 0 Å². The van der Waals surface area contributed by atoms with Gasteiger partial charge in [0.25, 0.3) is 0 Å². The summed E-state index contributed by atoms with van der Waals surface area (Å²) in [6.45, 7) is 12.6.